The van der Waals surface area contributed by atoms with Crippen molar-refractivity contribution >= 4 is 17.7 Å². The predicted molar refractivity (Wildman–Crippen MR) is 69.5 cm³/mol. The first-order valence-corrected chi connectivity index (χ1v) is 6.48. The minimum atomic E-state index is -0.910. The number of carbonyl (C=O) groups is 1. The van der Waals surface area contributed by atoms with Crippen LogP contribution in [0.15, 0.2) is 23.4 Å². The second kappa shape index (κ2) is 5.40. The summed E-state index contributed by atoms with van der Waals surface area (Å²) in [6.07, 6.45) is 0. The second-order valence-corrected chi connectivity index (χ2v) is 4.95. The predicted octanol–water partition coefficient (Wildman–Crippen LogP) is 2.11. The zero-order chi connectivity index (χ0) is 14.0. The van der Waals surface area contributed by atoms with Gasteiger partial charge in [-0.05, 0) is 30.7 Å². The van der Waals surface area contributed by atoms with E-state index in [-0.39, 0.29) is 11.6 Å². The molecule has 0 aliphatic rings. The van der Waals surface area contributed by atoms with Crippen LogP contribution in [0, 0.1) is 12.7 Å². The Balaban J connectivity index is 2.30. The highest BCUT2D eigenvalue weighted by Crippen LogP contribution is 2.23. The number of hydrogen-bond donors (Lipinski definition) is 1. The molecular weight excluding hydrogens is 269 g/mol. The van der Waals surface area contributed by atoms with E-state index < -0.39 is 5.97 Å². The molecule has 0 atom stereocenters. The van der Waals surface area contributed by atoms with Gasteiger partial charge in [0.1, 0.15) is 5.82 Å². The van der Waals surface area contributed by atoms with E-state index in [9.17, 15) is 9.18 Å². The largest absolute Gasteiger partial charge is 0.481 e. The van der Waals surface area contributed by atoms with Gasteiger partial charge in [-0.1, -0.05) is 11.8 Å². The SMILES string of the molecule is Cc1cc(-c2nnc(SCC(=O)O)n2C)ccc1F. The number of rotatable bonds is 4. The highest BCUT2D eigenvalue weighted by molar-refractivity contribution is 7.99. The van der Waals surface area contributed by atoms with Gasteiger partial charge in [0.2, 0.25) is 0 Å². The molecule has 0 radical (unpaired) electrons. The van der Waals surface area contributed by atoms with Gasteiger partial charge in [0.15, 0.2) is 11.0 Å². The second-order valence-electron chi connectivity index (χ2n) is 4.01. The Morgan fingerprint density at radius 2 is 2.21 bits per heavy atom. The van der Waals surface area contributed by atoms with Gasteiger partial charge >= 0.3 is 5.97 Å². The lowest BCUT2D eigenvalue weighted by atomic mass is 10.1. The fraction of sp³-hybridized carbons (Fsp3) is 0.250. The number of aryl methyl sites for hydroxylation is 1. The third-order valence-corrected chi connectivity index (χ3v) is 3.58. The van der Waals surface area contributed by atoms with Crippen molar-refractivity contribution in [3.05, 3.63) is 29.6 Å². The molecule has 1 N–H and O–H groups in total. The Morgan fingerprint density at radius 1 is 1.47 bits per heavy atom. The molecule has 1 aromatic carbocycles. The lowest BCUT2D eigenvalue weighted by molar-refractivity contribution is -0.133. The number of thioether (sulfide) groups is 1. The van der Waals surface area contributed by atoms with Crippen LogP contribution in [0.3, 0.4) is 0 Å². The highest BCUT2D eigenvalue weighted by atomic mass is 32.2. The Morgan fingerprint density at radius 3 is 2.84 bits per heavy atom. The standard InChI is InChI=1S/C12H12FN3O2S/c1-7-5-8(3-4-9(7)13)11-14-15-12(16(11)2)19-6-10(17)18/h3-5H,6H2,1-2H3,(H,17,18). The molecule has 0 saturated carbocycles. The molecule has 2 aromatic rings. The monoisotopic (exact) mass is 281 g/mol. The van der Waals surface area contributed by atoms with E-state index in [2.05, 4.69) is 10.2 Å². The molecule has 7 heteroatoms. The number of aliphatic carboxylic acids is 1. The first kappa shape index (κ1) is 13.5. The van der Waals surface area contributed by atoms with Gasteiger partial charge in [-0.2, -0.15) is 0 Å². The van der Waals surface area contributed by atoms with Crippen LogP contribution < -0.4 is 0 Å². The Labute approximate surface area is 113 Å². The van der Waals surface area contributed by atoms with E-state index in [0.29, 0.717) is 16.5 Å². The molecule has 0 unspecified atom stereocenters. The quantitative estimate of drug-likeness (QED) is 0.869. The number of benzene rings is 1. The van der Waals surface area contributed by atoms with Crippen molar-refractivity contribution in [3.8, 4) is 11.4 Å². The van der Waals surface area contributed by atoms with Crippen molar-refractivity contribution in [3.63, 3.8) is 0 Å². The van der Waals surface area contributed by atoms with E-state index in [1.165, 1.54) is 6.07 Å². The summed E-state index contributed by atoms with van der Waals surface area (Å²) in [7, 11) is 1.75. The van der Waals surface area contributed by atoms with Gasteiger partial charge in [-0.15, -0.1) is 10.2 Å². The zero-order valence-corrected chi connectivity index (χ0v) is 11.2. The number of carboxylic acids is 1. The minimum absolute atomic E-state index is 0.0750. The van der Waals surface area contributed by atoms with Crippen LogP contribution in [0.25, 0.3) is 11.4 Å². The molecule has 0 saturated heterocycles. The Hall–Kier alpha value is -1.89. The molecule has 0 fully saturated rings. The third-order valence-electron chi connectivity index (χ3n) is 2.58. The summed E-state index contributed by atoms with van der Waals surface area (Å²) in [5.41, 5.74) is 1.27. The fourth-order valence-corrected chi connectivity index (χ4v) is 2.23. The van der Waals surface area contributed by atoms with E-state index in [4.69, 9.17) is 5.11 Å². The number of hydrogen-bond acceptors (Lipinski definition) is 4. The average Bonchev–Trinajstić information content (AvgIpc) is 2.72. The lowest BCUT2D eigenvalue weighted by Crippen LogP contribution is -2.01. The molecule has 0 aliphatic heterocycles. The van der Waals surface area contributed by atoms with Gasteiger partial charge in [0, 0.05) is 12.6 Å². The van der Waals surface area contributed by atoms with Crippen LogP contribution in [0.1, 0.15) is 5.56 Å². The van der Waals surface area contributed by atoms with Crippen molar-refractivity contribution in [2.75, 3.05) is 5.75 Å². The van der Waals surface area contributed by atoms with Crippen molar-refractivity contribution in [1.29, 1.82) is 0 Å². The van der Waals surface area contributed by atoms with Crippen molar-refractivity contribution in [2.45, 2.75) is 12.1 Å². The minimum Gasteiger partial charge on any atom is -0.481 e. The maximum atomic E-state index is 13.2. The topological polar surface area (TPSA) is 68.0 Å². The molecule has 0 aliphatic carbocycles. The zero-order valence-electron chi connectivity index (χ0n) is 10.4. The summed E-state index contributed by atoms with van der Waals surface area (Å²) >= 11 is 1.09. The Bertz CT molecular complexity index is 627. The van der Waals surface area contributed by atoms with Crippen LogP contribution in [-0.4, -0.2) is 31.6 Å². The molecule has 0 spiro atoms. The molecule has 19 heavy (non-hydrogen) atoms. The van der Waals surface area contributed by atoms with Crippen LogP contribution in [0.5, 0.6) is 0 Å². The average molecular weight is 281 g/mol. The number of halogens is 1. The molecule has 0 bridgehead atoms. The first-order chi connectivity index (χ1) is 8.99. The van der Waals surface area contributed by atoms with E-state index >= 15 is 0 Å². The smallest absolute Gasteiger partial charge is 0.313 e. The van der Waals surface area contributed by atoms with Crippen molar-refractivity contribution in [1.82, 2.24) is 14.8 Å². The summed E-state index contributed by atoms with van der Waals surface area (Å²) in [6.45, 7) is 1.68. The van der Waals surface area contributed by atoms with Crippen LogP contribution in [0.4, 0.5) is 4.39 Å². The van der Waals surface area contributed by atoms with Crippen molar-refractivity contribution in [2.24, 2.45) is 7.05 Å². The van der Waals surface area contributed by atoms with Gasteiger partial charge in [0.05, 0.1) is 5.75 Å². The van der Waals surface area contributed by atoms with Gasteiger partial charge in [0.25, 0.3) is 0 Å². The van der Waals surface area contributed by atoms with Gasteiger partial charge in [-0.3, -0.25) is 4.79 Å². The van der Waals surface area contributed by atoms with Crippen molar-refractivity contribution < 1.29 is 14.3 Å². The fourth-order valence-electron chi connectivity index (χ4n) is 1.60. The summed E-state index contributed by atoms with van der Waals surface area (Å²) in [5, 5.41) is 17.1. The third kappa shape index (κ3) is 2.93. The van der Waals surface area contributed by atoms with Crippen LogP contribution in [-0.2, 0) is 11.8 Å². The normalized spacial score (nSPS) is 10.7. The van der Waals surface area contributed by atoms with E-state index in [1.54, 1.807) is 30.7 Å². The maximum Gasteiger partial charge on any atom is 0.313 e. The van der Waals surface area contributed by atoms with Gasteiger partial charge in [-0.25, -0.2) is 4.39 Å². The molecule has 1 heterocycles. The van der Waals surface area contributed by atoms with Gasteiger partial charge < -0.3 is 9.67 Å². The molecule has 100 valence electrons. The lowest BCUT2D eigenvalue weighted by Gasteiger charge is -2.04. The number of nitrogens with zero attached hydrogens (tertiary/aromatic N) is 3. The summed E-state index contributed by atoms with van der Waals surface area (Å²) < 4.78 is 14.9. The van der Waals surface area contributed by atoms with E-state index in [1.807, 2.05) is 0 Å². The summed E-state index contributed by atoms with van der Waals surface area (Å²) in [6, 6.07) is 4.69. The molecule has 1 aromatic heterocycles. The summed E-state index contributed by atoms with van der Waals surface area (Å²) in [5.74, 6) is -0.677. The molecule has 5 nitrogen and oxygen atoms in total. The molecular formula is C12H12FN3O2S. The maximum absolute atomic E-state index is 13.2. The molecule has 0 amide bonds. The first-order valence-electron chi connectivity index (χ1n) is 5.49. The number of aromatic nitrogens is 3. The number of carboxylic acid groups (broad SMARTS) is 1. The van der Waals surface area contributed by atoms with Crippen LogP contribution in [0.2, 0.25) is 0 Å². The van der Waals surface area contributed by atoms with E-state index in [0.717, 1.165) is 17.3 Å². The van der Waals surface area contributed by atoms with Crippen LogP contribution >= 0.6 is 11.8 Å². The molecule has 2 rings (SSSR count). The Kier molecular flexibility index (Phi) is 3.84. The summed E-state index contributed by atoms with van der Waals surface area (Å²) in [4.78, 5) is 10.5. The highest BCUT2D eigenvalue weighted by Gasteiger charge is 2.13.